The summed E-state index contributed by atoms with van der Waals surface area (Å²) in [7, 11) is 0. The number of alkyl halides is 3. The molecule has 1 aliphatic rings. The zero-order valence-corrected chi connectivity index (χ0v) is 21.1. The Labute approximate surface area is 222 Å². The number of hydrogen-bond acceptors (Lipinski definition) is 5. The quantitative estimate of drug-likeness (QED) is 0.365. The molecule has 0 saturated carbocycles. The first-order chi connectivity index (χ1) is 18.7. The molecule has 9 nitrogen and oxygen atoms in total. The number of aromatic nitrogens is 5. The van der Waals surface area contributed by atoms with Crippen molar-refractivity contribution in [3.8, 4) is 5.69 Å². The normalized spacial score (nSPS) is 15.8. The van der Waals surface area contributed by atoms with E-state index in [4.69, 9.17) is 0 Å². The summed E-state index contributed by atoms with van der Waals surface area (Å²) in [6, 6.07) is 11.8. The van der Waals surface area contributed by atoms with Crippen LogP contribution in [0.5, 0.6) is 0 Å². The molecular formula is C27H26F3N7O2. The van der Waals surface area contributed by atoms with Gasteiger partial charge in [0.05, 0.1) is 47.4 Å². The molecule has 5 rings (SSSR count). The zero-order chi connectivity index (χ0) is 27.6. The van der Waals surface area contributed by atoms with E-state index in [-0.39, 0.29) is 17.8 Å². The monoisotopic (exact) mass is 537 g/mol. The van der Waals surface area contributed by atoms with E-state index in [9.17, 15) is 22.8 Å². The van der Waals surface area contributed by atoms with Crippen LogP contribution >= 0.6 is 0 Å². The predicted molar refractivity (Wildman–Crippen MR) is 136 cm³/mol. The molecule has 39 heavy (non-hydrogen) atoms. The molecular weight excluding hydrogens is 511 g/mol. The third kappa shape index (κ3) is 5.69. The highest BCUT2D eigenvalue weighted by Gasteiger charge is 2.35. The SMILES string of the molecule is Cc1ccc(-n2ccnn2)c(C(=O)Nc2cc(C3CCCCN3C(=O)Cc3ccccc3C(F)(F)F)[nH]n2)c1. The van der Waals surface area contributed by atoms with Gasteiger partial charge in [-0.05, 0) is 49.9 Å². The Hall–Kier alpha value is -4.48. The Kier molecular flexibility index (Phi) is 7.18. The van der Waals surface area contributed by atoms with Crippen molar-refractivity contribution >= 4 is 17.6 Å². The van der Waals surface area contributed by atoms with Crippen molar-refractivity contribution in [2.24, 2.45) is 0 Å². The van der Waals surface area contributed by atoms with Crippen LogP contribution in [0.1, 0.15) is 58.0 Å². The van der Waals surface area contributed by atoms with E-state index < -0.39 is 29.6 Å². The molecule has 2 N–H and O–H groups in total. The summed E-state index contributed by atoms with van der Waals surface area (Å²) in [5.74, 6) is -0.530. The number of amides is 2. The Balaban J connectivity index is 1.34. The second-order valence-electron chi connectivity index (χ2n) is 9.46. The van der Waals surface area contributed by atoms with Crippen LogP contribution in [-0.2, 0) is 17.4 Å². The molecule has 2 aromatic carbocycles. The van der Waals surface area contributed by atoms with Crippen LogP contribution in [0.3, 0.4) is 0 Å². The third-order valence-corrected chi connectivity index (χ3v) is 6.75. The number of benzene rings is 2. The molecule has 2 amide bonds. The number of halogens is 3. The van der Waals surface area contributed by atoms with Gasteiger partial charge in [0.2, 0.25) is 5.91 Å². The molecule has 3 heterocycles. The van der Waals surface area contributed by atoms with Crippen molar-refractivity contribution < 1.29 is 22.8 Å². The van der Waals surface area contributed by atoms with Crippen molar-refractivity contribution in [3.05, 3.63) is 88.9 Å². The fourth-order valence-corrected chi connectivity index (χ4v) is 4.89. The van der Waals surface area contributed by atoms with Crippen LogP contribution in [0.15, 0.2) is 60.9 Å². The Morgan fingerprint density at radius 1 is 1.13 bits per heavy atom. The van der Waals surface area contributed by atoms with Crippen molar-refractivity contribution in [3.63, 3.8) is 0 Å². The number of carbonyl (C=O) groups is 2. The van der Waals surface area contributed by atoms with Crippen LogP contribution in [0, 0.1) is 6.92 Å². The summed E-state index contributed by atoms with van der Waals surface area (Å²) in [6.45, 7) is 2.29. The van der Waals surface area contributed by atoms with E-state index >= 15 is 0 Å². The van der Waals surface area contributed by atoms with E-state index in [1.165, 1.54) is 29.1 Å². The molecule has 1 saturated heterocycles. The van der Waals surface area contributed by atoms with Gasteiger partial charge in [0.1, 0.15) is 0 Å². The summed E-state index contributed by atoms with van der Waals surface area (Å²) < 4.78 is 41.9. The highest BCUT2D eigenvalue weighted by atomic mass is 19.4. The average molecular weight is 538 g/mol. The lowest BCUT2D eigenvalue weighted by atomic mass is 9.97. The summed E-state index contributed by atoms with van der Waals surface area (Å²) in [5, 5.41) is 17.7. The molecule has 2 aromatic heterocycles. The predicted octanol–water partition coefficient (Wildman–Crippen LogP) is 4.87. The standard InChI is InChI=1S/C27H26F3N7O2/c1-17-9-10-22(37-13-11-31-35-37)19(14-17)26(39)32-24-16-21(33-34-24)23-8-4-5-12-36(23)25(38)15-18-6-2-3-7-20(18)27(28,29)30/h2-3,6-7,9-11,13-14,16,23H,4-5,8,12,15H2,1H3,(H2,32,33,34,39). The smallest absolute Gasteiger partial charge is 0.334 e. The number of likely N-dealkylation sites (tertiary alicyclic amines) is 1. The molecule has 1 atom stereocenters. The lowest BCUT2D eigenvalue weighted by Gasteiger charge is -2.35. The van der Waals surface area contributed by atoms with Crippen LogP contribution < -0.4 is 5.32 Å². The van der Waals surface area contributed by atoms with Crippen molar-refractivity contribution in [1.29, 1.82) is 0 Å². The van der Waals surface area contributed by atoms with Crippen LogP contribution in [0.2, 0.25) is 0 Å². The van der Waals surface area contributed by atoms with Crippen molar-refractivity contribution in [2.45, 2.75) is 44.8 Å². The molecule has 4 aromatic rings. The number of nitrogens with zero attached hydrogens (tertiary/aromatic N) is 5. The summed E-state index contributed by atoms with van der Waals surface area (Å²) >= 11 is 0. The van der Waals surface area contributed by atoms with Gasteiger partial charge >= 0.3 is 6.18 Å². The largest absolute Gasteiger partial charge is 0.416 e. The summed E-state index contributed by atoms with van der Waals surface area (Å²) in [6.07, 6.45) is 0.465. The first-order valence-electron chi connectivity index (χ1n) is 12.5. The second kappa shape index (κ2) is 10.7. The molecule has 202 valence electrons. The second-order valence-corrected chi connectivity index (χ2v) is 9.46. The van der Waals surface area contributed by atoms with E-state index in [0.29, 0.717) is 29.9 Å². The Bertz CT molecular complexity index is 1480. The van der Waals surface area contributed by atoms with Crippen LogP contribution in [0.25, 0.3) is 5.69 Å². The number of carbonyl (C=O) groups excluding carboxylic acids is 2. The molecule has 1 unspecified atom stereocenters. The van der Waals surface area contributed by atoms with E-state index in [0.717, 1.165) is 24.5 Å². The maximum Gasteiger partial charge on any atom is 0.416 e. The minimum Gasteiger partial charge on any atom is -0.334 e. The van der Waals surface area contributed by atoms with Gasteiger partial charge in [-0.3, -0.25) is 14.7 Å². The third-order valence-electron chi connectivity index (χ3n) is 6.75. The van der Waals surface area contributed by atoms with E-state index in [1.807, 2.05) is 13.0 Å². The first-order valence-corrected chi connectivity index (χ1v) is 12.5. The summed E-state index contributed by atoms with van der Waals surface area (Å²) in [4.78, 5) is 28.0. The van der Waals surface area contributed by atoms with Crippen molar-refractivity contribution in [1.82, 2.24) is 30.1 Å². The Morgan fingerprint density at radius 3 is 2.72 bits per heavy atom. The number of rotatable bonds is 6. The van der Waals surface area contributed by atoms with Gasteiger partial charge in [0.25, 0.3) is 5.91 Å². The number of nitrogens with one attached hydrogen (secondary N) is 2. The summed E-state index contributed by atoms with van der Waals surface area (Å²) in [5.41, 5.74) is 1.55. The maximum absolute atomic E-state index is 13.5. The number of anilines is 1. The van der Waals surface area contributed by atoms with Gasteiger partial charge in [-0.15, -0.1) is 5.10 Å². The number of aromatic amines is 1. The molecule has 0 aliphatic carbocycles. The number of H-pyrrole nitrogens is 1. The minimum atomic E-state index is -4.54. The van der Waals surface area contributed by atoms with Crippen molar-refractivity contribution in [2.75, 3.05) is 11.9 Å². The number of piperidine rings is 1. The van der Waals surface area contributed by atoms with Gasteiger partial charge < -0.3 is 10.2 Å². The van der Waals surface area contributed by atoms with Crippen LogP contribution in [-0.4, -0.2) is 48.5 Å². The van der Waals surface area contributed by atoms with Gasteiger partial charge in [0.15, 0.2) is 5.82 Å². The van der Waals surface area contributed by atoms with Gasteiger partial charge in [0, 0.05) is 12.6 Å². The first kappa shape index (κ1) is 26.1. The highest BCUT2D eigenvalue weighted by molar-refractivity contribution is 6.06. The topological polar surface area (TPSA) is 109 Å². The van der Waals surface area contributed by atoms with E-state index in [1.54, 1.807) is 29.3 Å². The number of hydrogen-bond donors (Lipinski definition) is 2. The molecule has 0 bridgehead atoms. The van der Waals surface area contributed by atoms with Gasteiger partial charge in [-0.1, -0.05) is 35.0 Å². The average Bonchev–Trinajstić information content (AvgIpc) is 3.61. The lowest BCUT2D eigenvalue weighted by molar-refractivity contribution is -0.139. The molecule has 12 heteroatoms. The van der Waals surface area contributed by atoms with E-state index in [2.05, 4.69) is 25.8 Å². The zero-order valence-electron chi connectivity index (χ0n) is 21.1. The van der Waals surface area contributed by atoms with Gasteiger partial charge in [-0.2, -0.15) is 18.3 Å². The maximum atomic E-state index is 13.5. The lowest BCUT2D eigenvalue weighted by Crippen LogP contribution is -2.39. The fourth-order valence-electron chi connectivity index (χ4n) is 4.89. The molecule has 1 aliphatic heterocycles. The minimum absolute atomic E-state index is 0.0572. The molecule has 0 radical (unpaired) electrons. The highest BCUT2D eigenvalue weighted by Crippen LogP contribution is 2.34. The van der Waals surface area contributed by atoms with Crippen LogP contribution in [0.4, 0.5) is 19.0 Å². The molecule has 1 fully saturated rings. The number of aryl methyl sites for hydroxylation is 1. The molecule has 0 spiro atoms. The van der Waals surface area contributed by atoms with Gasteiger partial charge in [-0.25, -0.2) is 4.68 Å². The Morgan fingerprint density at radius 2 is 1.95 bits per heavy atom. The fraction of sp³-hybridized carbons (Fsp3) is 0.296.